The molecule has 3 atom stereocenters. The quantitative estimate of drug-likeness (QED) is 0.121. The highest BCUT2D eigenvalue weighted by atomic mass is 16.4. The minimum absolute atomic E-state index is 0.0845. The number of rotatable bonds is 13. The van der Waals surface area contributed by atoms with Gasteiger partial charge in [-0.25, -0.2) is 9.59 Å². The lowest BCUT2D eigenvalue weighted by Crippen LogP contribution is -2.54. The molecule has 1 aliphatic heterocycles. The van der Waals surface area contributed by atoms with Crippen LogP contribution < -0.4 is 21.3 Å². The van der Waals surface area contributed by atoms with Gasteiger partial charge < -0.3 is 36.4 Å². The summed E-state index contributed by atoms with van der Waals surface area (Å²) in [6, 6.07) is 3.92. The van der Waals surface area contributed by atoms with Gasteiger partial charge in [-0.3, -0.25) is 24.0 Å². The summed E-state index contributed by atoms with van der Waals surface area (Å²) in [5.41, 5.74) is 0.926. The molecule has 14 heteroatoms. The summed E-state index contributed by atoms with van der Waals surface area (Å²) in [5, 5.41) is 27.2. The molecule has 5 amide bonds. The average Bonchev–Trinajstić information content (AvgIpc) is 3.12. The monoisotopic (exact) mass is 545 g/mol. The Morgan fingerprint density at radius 3 is 2.21 bits per heavy atom. The van der Waals surface area contributed by atoms with E-state index in [2.05, 4.69) is 22.5 Å². The number of carboxylic acids is 2. The van der Waals surface area contributed by atoms with Gasteiger partial charge in [-0.05, 0) is 25.8 Å². The molecule has 0 aliphatic carbocycles. The number of amides is 5. The number of hydrogen-bond acceptors (Lipinski definition) is 7. The third kappa shape index (κ3) is 8.94. The van der Waals surface area contributed by atoms with Gasteiger partial charge in [-0.2, -0.15) is 0 Å². The Morgan fingerprint density at radius 1 is 1.03 bits per heavy atom. The van der Waals surface area contributed by atoms with Crippen LogP contribution in [0.3, 0.4) is 0 Å². The van der Waals surface area contributed by atoms with Crippen molar-refractivity contribution >= 4 is 41.5 Å². The van der Waals surface area contributed by atoms with E-state index in [1.54, 1.807) is 37.3 Å². The van der Waals surface area contributed by atoms with Crippen molar-refractivity contribution in [3.63, 3.8) is 0 Å². The lowest BCUT2D eigenvalue weighted by molar-refractivity contribution is -0.153. The summed E-state index contributed by atoms with van der Waals surface area (Å²) in [7, 11) is 0. The number of nitrogens with zero attached hydrogens (tertiary/aromatic N) is 1. The lowest BCUT2D eigenvalue weighted by atomic mass is 10.0. The minimum Gasteiger partial charge on any atom is -0.479 e. The van der Waals surface area contributed by atoms with Crippen molar-refractivity contribution in [3.8, 4) is 0 Å². The molecule has 1 heterocycles. The third-order valence-electron chi connectivity index (χ3n) is 5.85. The SMILES string of the molecule is C=C(C)C(=O)NCC(=O)NC(Cc1ccccc1)C(=O)NC1CC(C)N(CC(=O)NC(C(=O)O)C(=O)O)C1=O. The molecule has 1 aromatic carbocycles. The maximum absolute atomic E-state index is 13.2. The summed E-state index contributed by atoms with van der Waals surface area (Å²) < 4.78 is 0. The predicted molar refractivity (Wildman–Crippen MR) is 135 cm³/mol. The van der Waals surface area contributed by atoms with E-state index < -0.39 is 78.7 Å². The topological polar surface area (TPSA) is 211 Å². The summed E-state index contributed by atoms with van der Waals surface area (Å²) in [4.78, 5) is 85.6. The van der Waals surface area contributed by atoms with Gasteiger partial charge in [0.05, 0.1) is 13.1 Å². The van der Waals surface area contributed by atoms with Gasteiger partial charge in [-0.15, -0.1) is 0 Å². The van der Waals surface area contributed by atoms with Crippen LogP contribution in [0.25, 0.3) is 0 Å². The summed E-state index contributed by atoms with van der Waals surface area (Å²) in [6.45, 7) is 5.55. The molecule has 0 spiro atoms. The van der Waals surface area contributed by atoms with E-state index in [-0.39, 0.29) is 18.4 Å². The molecule has 6 N–H and O–H groups in total. The molecule has 1 fully saturated rings. The summed E-state index contributed by atoms with van der Waals surface area (Å²) >= 11 is 0. The second kappa shape index (κ2) is 13.7. The molecule has 210 valence electrons. The largest absolute Gasteiger partial charge is 0.479 e. The second-order valence-electron chi connectivity index (χ2n) is 9.06. The third-order valence-corrected chi connectivity index (χ3v) is 5.85. The van der Waals surface area contributed by atoms with Gasteiger partial charge in [-0.1, -0.05) is 36.9 Å². The summed E-state index contributed by atoms with van der Waals surface area (Å²) in [5.74, 6) is -7.01. The van der Waals surface area contributed by atoms with Crippen molar-refractivity contribution in [3.05, 3.63) is 48.0 Å². The number of aliphatic carboxylic acids is 2. The van der Waals surface area contributed by atoms with Gasteiger partial charge in [0.25, 0.3) is 0 Å². The lowest BCUT2D eigenvalue weighted by Gasteiger charge is -2.22. The average molecular weight is 546 g/mol. The summed E-state index contributed by atoms with van der Waals surface area (Å²) in [6.07, 6.45) is 0.195. The Labute approximate surface area is 223 Å². The highest BCUT2D eigenvalue weighted by molar-refractivity contribution is 6.02. The predicted octanol–water partition coefficient (Wildman–Crippen LogP) is -1.83. The van der Waals surface area contributed by atoms with E-state index in [0.29, 0.717) is 0 Å². The molecule has 0 bridgehead atoms. The first-order valence-electron chi connectivity index (χ1n) is 11.9. The van der Waals surface area contributed by atoms with E-state index in [1.165, 1.54) is 6.92 Å². The number of benzene rings is 1. The normalized spacial score (nSPS) is 17.2. The van der Waals surface area contributed by atoms with Gasteiger partial charge >= 0.3 is 11.9 Å². The van der Waals surface area contributed by atoms with Crippen molar-refractivity contribution < 1.29 is 43.8 Å². The van der Waals surface area contributed by atoms with Gasteiger partial charge in [0.1, 0.15) is 12.1 Å². The molecular formula is C25H31N5O9. The van der Waals surface area contributed by atoms with Gasteiger partial charge in [0, 0.05) is 18.0 Å². The second-order valence-corrected chi connectivity index (χ2v) is 9.06. The zero-order chi connectivity index (χ0) is 29.3. The standard InChI is InChI=1S/C25H31N5O9/c1-13(2)21(33)26-11-18(31)27-16(10-15-7-5-4-6-8-15)22(34)28-17-9-14(3)30(23(17)35)12-19(32)29-20(24(36)37)25(38)39/h4-8,14,16-17,20H,1,9-12H2,2-3H3,(H,26,33)(H,27,31)(H,28,34)(H,29,32)(H,36,37)(H,38,39). The fraction of sp³-hybridized carbons (Fsp3) is 0.400. The first kappa shape index (κ1) is 30.5. The number of likely N-dealkylation sites (tertiary alicyclic amines) is 1. The maximum Gasteiger partial charge on any atom is 0.338 e. The van der Waals surface area contributed by atoms with Crippen LogP contribution in [0, 0.1) is 0 Å². The van der Waals surface area contributed by atoms with Crippen LogP contribution in [0.15, 0.2) is 42.5 Å². The van der Waals surface area contributed by atoms with Crippen molar-refractivity contribution in [2.75, 3.05) is 13.1 Å². The van der Waals surface area contributed by atoms with E-state index in [9.17, 15) is 33.6 Å². The van der Waals surface area contributed by atoms with Gasteiger partial charge in [0.15, 0.2) is 0 Å². The molecule has 1 aromatic rings. The van der Waals surface area contributed by atoms with Gasteiger partial charge in [0.2, 0.25) is 35.6 Å². The van der Waals surface area contributed by atoms with Crippen LogP contribution in [-0.2, 0) is 40.0 Å². The zero-order valence-corrected chi connectivity index (χ0v) is 21.4. The maximum atomic E-state index is 13.2. The smallest absolute Gasteiger partial charge is 0.338 e. The van der Waals surface area contributed by atoms with E-state index in [1.807, 2.05) is 5.32 Å². The molecule has 1 aliphatic rings. The number of carbonyl (C=O) groups is 7. The van der Waals surface area contributed by atoms with Crippen LogP contribution in [0.5, 0.6) is 0 Å². The van der Waals surface area contributed by atoms with Crippen molar-refractivity contribution in [2.24, 2.45) is 0 Å². The van der Waals surface area contributed by atoms with Crippen molar-refractivity contribution in [2.45, 2.75) is 50.9 Å². The Hall–Kier alpha value is -4.75. The number of hydrogen-bond donors (Lipinski definition) is 6. The number of nitrogens with one attached hydrogen (secondary N) is 4. The molecule has 2 rings (SSSR count). The highest BCUT2D eigenvalue weighted by Gasteiger charge is 2.40. The minimum atomic E-state index is -2.18. The first-order valence-corrected chi connectivity index (χ1v) is 11.9. The molecule has 39 heavy (non-hydrogen) atoms. The Bertz CT molecular complexity index is 1140. The molecule has 3 unspecified atom stereocenters. The highest BCUT2D eigenvalue weighted by Crippen LogP contribution is 2.19. The van der Waals surface area contributed by atoms with Crippen LogP contribution in [0.1, 0.15) is 25.8 Å². The van der Waals surface area contributed by atoms with E-state index in [4.69, 9.17) is 10.2 Å². The fourth-order valence-electron chi connectivity index (χ4n) is 3.82. The molecule has 14 nitrogen and oxygen atoms in total. The van der Waals surface area contributed by atoms with Crippen LogP contribution in [0.4, 0.5) is 0 Å². The fourth-order valence-corrected chi connectivity index (χ4v) is 3.82. The molecular weight excluding hydrogens is 514 g/mol. The zero-order valence-electron chi connectivity index (χ0n) is 21.4. The van der Waals surface area contributed by atoms with Crippen LogP contribution in [0.2, 0.25) is 0 Å². The van der Waals surface area contributed by atoms with Crippen molar-refractivity contribution in [1.29, 1.82) is 0 Å². The Morgan fingerprint density at radius 2 is 1.64 bits per heavy atom. The van der Waals surface area contributed by atoms with Crippen LogP contribution >= 0.6 is 0 Å². The molecule has 0 saturated carbocycles. The Balaban J connectivity index is 2.07. The number of carbonyl (C=O) groups excluding carboxylic acids is 5. The van der Waals surface area contributed by atoms with E-state index >= 15 is 0 Å². The van der Waals surface area contributed by atoms with E-state index in [0.717, 1.165) is 10.5 Å². The molecule has 0 radical (unpaired) electrons. The Kier molecular flexibility index (Phi) is 10.7. The number of carboxylic acid groups (broad SMARTS) is 2. The molecule has 0 aromatic heterocycles. The first-order chi connectivity index (χ1) is 18.3. The van der Waals surface area contributed by atoms with Crippen molar-refractivity contribution in [1.82, 2.24) is 26.2 Å². The van der Waals surface area contributed by atoms with Crippen LogP contribution in [-0.4, -0.2) is 93.8 Å². The molecule has 1 saturated heterocycles.